The molecule has 194 valence electrons. The third-order valence-electron chi connectivity index (χ3n) is 5.94. The maximum Gasteiger partial charge on any atom is 0.258 e. The number of para-hydroxylation sites is 1. The average Bonchev–Trinajstić information content (AvgIpc) is 3.52. The van der Waals surface area contributed by atoms with Crippen molar-refractivity contribution in [1.29, 1.82) is 0 Å². The molecule has 0 saturated carbocycles. The minimum absolute atomic E-state index is 0.0888. The minimum atomic E-state index is -0.235. The van der Waals surface area contributed by atoms with Gasteiger partial charge in [0.1, 0.15) is 5.00 Å². The molecule has 0 atom stereocenters. The number of hydrogen-bond donors (Lipinski definition) is 4. The Morgan fingerprint density at radius 2 is 1.76 bits per heavy atom. The van der Waals surface area contributed by atoms with Crippen LogP contribution in [0.1, 0.15) is 40.6 Å². The molecular weight excluding hydrogens is 520 g/mol. The quantitative estimate of drug-likeness (QED) is 0.221. The number of carbonyl (C=O) groups is 3. The van der Waals surface area contributed by atoms with Crippen LogP contribution >= 0.6 is 23.1 Å². The number of thiophene rings is 1. The van der Waals surface area contributed by atoms with Gasteiger partial charge in [-0.2, -0.15) is 0 Å². The number of nitrogens with one attached hydrogen (secondary N) is 4. The summed E-state index contributed by atoms with van der Waals surface area (Å²) in [4.78, 5) is 43.1. The lowest BCUT2D eigenvalue weighted by atomic mass is 9.95. The largest absolute Gasteiger partial charge is 0.326 e. The predicted molar refractivity (Wildman–Crippen MR) is 151 cm³/mol. The van der Waals surface area contributed by atoms with Crippen LogP contribution in [-0.4, -0.2) is 38.7 Å². The van der Waals surface area contributed by atoms with Crippen LogP contribution in [0.4, 0.5) is 16.4 Å². The number of aromatic nitrogens is 3. The molecule has 0 saturated heterocycles. The summed E-state index contributed by atoms with van der Waals surface area (Å²) >= 11 is 2.69. The van der Waals surface area contributed by atoms with E-state index in [1.54, 1.807) is 12.1 Å². The summed E-state index contributed by atoms with van der Waals surface area (Å²) in [7, 11) is 0. The van der Waals surface area contributed by atoms with Gasteiger partial charge in [-0.25, -0.2) is 4.98 Å². The fraction of sp³-hybridized carbons (Fsp3) is 0.222. The number of aromatic amines is 1. The Morgan fingerprint density at radius 1 is 0.974 bits per heavy atom. The lowest BCUT2D eigenvalue weighted by molar-refractivity contribution is -0.114. The fourth-order valence-corrected chi connectivity index (χ4v) is 6.19. The van der Waals surface area contributed by atoms with Crippen molar-refractivity contribution in [2.75, 3.05) is 21.7 Å². The highest BCUT2D eigenvalue weighted by Crippen LogP contribution is 2.38. The number of amides is 3. The molecule has 4 aromatic rings. The number of anilines is 3. The van der Waals surface area contributed by atoms with Crippen LogP contribution in [0.15, 0.2) is 59.8 Å². The maximum absolute atomic E-state index is 13.2. The summed E-state index contributed by atoms with van der Waals surface area (Å²) in [5.41, 5.74) is 3.73. The number of hydrogen-bond acceptors (Lipinski definition) is 7. The van der Waals surface area contributed by atoms with Crippen LogP contribution < -0.4 is 16.0 Å². The first-order chi connectivity index (χ1) is 18.5. The number of H-pyrrole nitrogens is 1. The van der Waals surface area contributed by atoms with Crippen LogP contribution in [-0.2, 0) is 22.4 Å². The highest BCUT2D eigenvalue weighted by Gasteiger charge is 2.26. The first-order valence-electron chi connectivity index (χ1n) is 12.2. The highest BCUT2D eigenvalue weighted by atomic mass is 32.2. The van der Waals surface area contributed by atoms with Gasteiger partial charge >= 0.3 is 0 Å². The molecule has 4 N–H and O–H groups in total. The van der Waals surface area contributed by atoms with E-state index in [9.17, 15) is 14.4 Å². The van der Waals surface area contributed by atoms with Gasteiger partial charge in [-0.1, -0.05) is 42.1 Å². The molecule has 0 spiro atoms. The average molecular weight is 547 g/mol. The molecule has 0 fully saturated rings. The lowest BCUT2D eigenvalue weighted by Gasteiger charge is -2.13. The van der Waals surface area contributed by atoms with Crippen molar-refractivity contribution in [3.8, 4) is 11.4 Å². The molecule has 11 heteroatoms. The number of aryl methyl sites for hydroxylation is 1. The monoisotopic (exact) mass is 546 g/mol. The van der Waals surface area contributed by atoms with E-state index >= 15 is 0 Å². The number of rotatable bonds is 8. The van der Waals surface area contributed by atoms with E-state index in [4.69, 9.17) is 0 Å². The van der Waals surface area contributed by atoms with E-state index in [0.717, 1.165) is 41.7 Å². The molecule has 2 heterocycles. The number of benzene rings is 2. The maximum atomic E-state index is 13.2. The van der Waals surface area contributed by atoms with Crippen LogP contribution in [0.5, 0.6) is 0 Å². The number of fused-ring (bicyclic) bond motifs is 1. The molecular formula is C27H26N6O3S2. The molecule has 0 unspecified atom stereocenters. The van der Waals surface area contributed by atoms with Crippen LogP contribution in [0.25, 0.3) is 11.4 Å². The Labute approximate surface area is 227 Å². The molecule has 0 aliphatic heterocycles. The summed E-state index contributed by atoms with van der Waals surface area (Å²) in [6, 6.07) is 16.6. The third-order valence-corrected chi connectivity index (χ3v) is 7.99. The Kier molecular flexibility index (Phi) is 7.85. The summed E-state index contributed by atoms with van der Waals surface area (Å²) in [5, 5.41) is 16.8. The molecule has 38 heavy (non-hydrogen) atoms. The van der Waals surface area contributed by atoms with Crippen LogP contribution in [0.3, 0.4) is 0 Å². The molecule has 2 aromatic heterocycles. The Bertz CT molecular complexity index is 1480. The van der Waals surface area contributed by atoms with E-state index in [2.05, 4.69) is 31.1 Å². The van der Waals surface area contributed by atoms with E-state index in [0.29, 0.717) is 32.9 Å². The van der Waals surface area contributed by atoms with Gasteiger partial charge in [0.2, 0.25) is 17.0 Å². The van der Waals surface area contributed by atoms with Gasteiger partial charge < -0.3 is 16.0 Å². The van der Waals surface area contributed by atoms with Crippen molar-refractivity contribution in [2.24, 2.45) is 0 Å². The normalized spacial score (nSPS) is 12.4. The van der Waals surface area contributed by atoms with Crippen molar-refractivity contribution in [3.63, 3.8) is 0 Å². The van der Waals surface area contributed by atoms with Crippen molar-refractivity contribution in [2.45, 2.75) is 37.8 Å². The fourth-order valence-electron chi connectivity index (χ4n) is 4.29. The summed E-state index contributed by atoms with van der Waals surface area (Å²) < 4.78 is 0. The van der Waals surface area contributed by atoms with Crippen LogP contribution in [0, 0.1) is 0 Å². The first kappa shape index (κ1) is 25.7. The molecule has 3 amide bonds. The summed E-state index contributed by atoms with van der Waals surface area (Å²) in [6.07, 6.45) is 3.85. The SMILES string of the molecule is CC(=O)Nc1cccc(-c2nc(SCC(=O)Nc3sc4c(c3C(=O)Nc3ccccc3)CCCC4)n[nH]2)c1. The van der Waals surface area contributed by atoms with Crippen molar-refractivity contribution in [3.05, 3.63) is 70.6 Å². The standard InChI is InChI=1S/C27H26N6O3S2/c1-16(34)28-19-11-7-8-17(14-19)24-31-27(33-32-24)37-15-22(35)30-26-23(20-12-5-6-13-21(20)38-26)25(36)29-18-9-3-2-4-10-18/h2-4,7-11,14H,5-6,12-13,15H2,1H3,(H,28,34)(H,29,36)(H,30,35)(H,31,32,33). The van der Waals surface area contributed by atoms with Gasteiger partial charge in [-0.05, 0) is 55.5 Å². The predicted octanol–water partition coefficient (Wildman–Crippen LogP) is 5.35. The Morgan fingerprint density at radius 3 is 2.58 bits per heavy atom. The highest BCUT2D eigenvalue weighted by molar-refractivity contribution is 7.99. The number of nitrogens with zero attached hydrogens (tertiary/aromatic N) is 2. The minimum Gasteiger partial charge on any atom is -0.326 e. The van der Waals surface area contributed by atoms with E-state index in [-0.39, 0.29) is 23.5 Å². The van der Waals surface area contributed by atoms with Gasteiger partial charge in [0.15, 0.2) is 5.82 Å². The zero-order valence-electron chi connectivity index (χ0n) is 20.7. The van der Waals surface area contributed by atoms with E-state index in [1.807, 2.05) is 42.5 Å². The zero-order chi connectivity index (χ0) is 26.5. The second-order valence-corrected chi connectivity index (χ2v) is 10.8. The smallest absolute Gasteiger partial charge is 0.258 e. The molecule has 0 radical (unpaired) electrons. The number of carbonyl (C=O) groups excluding carboxylic acids is 3. The third kappa shape index (κ3) is 6.12. The first-order valence-corrected chi connectivity index (χ1v) is 14.0. The molecule has 1 aliphatic carbocycles. The van der Waals surface area contributed by atoms with Crippen LogP contribution in [0.2, 0.25) is 0 Å². The van der Waals surface area contributed by atoms with Crippen molar-refractivity contribution >= 4 is 57.2 Å². The van der Waals surface area contributed by atoms with Crippen molar-refractivity contribution < 1.29 is 14.4 Å². The zero-order valence-corrected chi connectivity index (χ0v) is 22.3. The lowest BCUT2D eigenvalue weighted by Crippen LogP contribution is -2.19. The Hall–Kier alpha value is -3.96. The second-order valence-electron chi connectivity index (χ2n) is 8.80. The number of thioether (sulfide) groups is 1. The van der Waals surface area contributed by atoms with Gasteiger partial charge in [0.25, 0.3) is 5.91 Å². The summed E-state index contributed by atoms with van der Waals surface area (Å²) in [5.74, 6) is 0.0196. The molecule has 5 rings (SSSR count). The molecule has 1 aliphatic rings. The second kappa shape index (κ2) is 11.6. The van der Waals surface area contributed by atoms with Gasteiger partial charge in [-0.15, -0.1) is 16.4 Å². The van der Waals surface area contributed by atoms with Crippen molar-refractivity contribution in [1.82, 2.24) is 15.2 Å². The van der Waals surface area contributed by atoms with Gasteiger partial charge in [0.05, 0.1) is 11.3 Å². The molecule has 0 bridgehead atoms. The van der Waals surface area contributed by atoms with Gasteiger partial charge in [0, 0.05) is 28.7 Å². The molecule has 9 nitrogen and oxygen atoms in total. The van der Waals surface area contributed by atoms with Gasteiger partial charge in [-0.3, -0.25) is 19.5 Å². The molecule has 2 aromatic carbocycles. The summed E-state index contributed by atoms with van der Waals surface area (Å²) in [6.45, 7) is 1.45. The topological polar surface area (TPSA) is 129 Å². The van der Waals surface area contributed by atoms with E-state index in [1.165, 1.54) is 30.0 Å². The Balaban J connectivity index is 1.26. The van der Waals surface area contributed by atoms with E-state index < -0.39 is 0 Å².